The summed E-state index contributed by atoms with van der Waals surface area (Å²) in [5.74, 6) is 0.900. The maximum Gasteiger partial charge on any atom is 0.275 e. The van der Waals surface area contributed by atoms with Gasteiger partial charge in [-0.15, -0.1) is 0 Å². The van der Waals surface area contributed by atoms with Gasteiger partial charge in [-0.25, -0.2) is 10.1 Å². The lowest BCUT2D eigenvalue weighted by atomic mass is 10.1. The second-order valence-corrected chi connectivity index (χ2v) is 6.88. The Morgan fingerprint density at radius 2 is 1.56 bits per heavy atom. The molecule has 160 valence electrons. The van der Waals surface area contributed by atoms with Crippen molar-refractivity contribution >= 4 is 12.1 Å². The summed E-state index contributed by atoms with van der Waals surface area (Å²) in [6.45, 7) is 0. The van der Waals surface area contributed by atoms with Gasteiger partial charge in [-0.05, 0) is 24.3 Å². The van der Waals surface area contributed by atoms with E-state index >= 15 is 0 Å². The zero-order valence-corrected chi connectivity index (χ0v) is 17.7. The molecule has 0 aliphatic heterocycles. The maximum atomic E-state index is 13.0. The Bertz CT molecular complexity index is 1210. The average Bonchev–Trinajstić information content (AvgIpc) is 3.30. The molecule has 0 aliphatic rings. The number of ether oxygens (including phenoxy) is 2. The minimum Gasteiger partial charge on any atom is -0.497 e. The number of carbonyl (C=O) groups is 1. The first-order valence-corrected chi connectivity index (χ1v) is 9.95. The Balaban J connectivity index is 1.62. The molecule has 7 nitrogen and oxygen atoms in total. The SMILES string of the molecule is COc1cc(C=NNC(=O)c2cn(-c3ccccc3)nc2-c2ccccc2)cc(OC)c1. The van der Waals surface area contributed by atoms with Gasteiger partial charge in [-0.2, -0.15) is 10.2 Å². The fraction of sp³-hybridized carbons (Fsp3) is 0.0800. The second kappa shape index (κ2) is 9.61. The van der Waals surface area contributed by atoms with E-state index in [0.717, 1.165) is 16.8 Å². The average molecular weight is 426 g/mol. The Morgan fingerprint density at radius 1 is 0.938 bits per heavy atom. The highest BCUT2D eigenvalue weighted by atomic mass is 16.5. The van der Waals surface area contributed by atoms with E-state index in [-0.39, 0.29) is 5.91 Å². The summed E-state index contributed by atoms with van der Waals surface area (Å²) in [5, 5.41) is 8.77. The number of para-hydroxylation sites is 1. The molecule has 0 aliphatic carbocycles. The number of nitrogens with one attached hydrogen (secondary N) is 1. The quantitative estimate of drug-likeness (QED) is 0.353. The number of hydrogen-bond acceptors (Lipinski definition) is 5. The number of nitrogens with zero attached hydrogens (tertiary/aromatic N) is 3. The topological polar surface area (TPSA) is 77.7 Å². The van der Waals surface area contributed by atoms with Gasteiger partial charge >= 0.3 is 0 Å². The van der Waals surface area contributed by atoms with Gasteiger partial charge in [0.1, 0.15) is 17.2 Å². The van der Waals surface area contributed by atoms with Gasteiger partial charge in [0.15, 0.2) is 0 Å². The Morgan fingerprint density at radius 3 is 2.19 bits per heavy atom. The van der Waals surface area contributed by atoms with Crippen LogP contribution in [0.1, 0.15) is 15.9 Å². The van der Waals surface area contributed by atoms with Gasteiger partial charge in [0.05, 0.1) is 31.7 Å². The van der Waals surface area contributed by atoms with Gasteiger partial charge in [0, 0.05) is 23.4 Å². The van der Waals surface area contributed by atoms with Gasteiger partial charge in [0.25, 0.3) is 5.91 Å². The third-order valence-corrected chi connectivity index (χ3v) is 4.78. The summed E-state index contributed by atoms with van der Waals surface area (Å²) in [6, 6.07) is 24.6. The summed E-state index contributed by atoms with van der Waals surface area (Å²) in [4.78, 5) is 13.0. The van der Waals surface area contributed by atoms with Crippen molar-refractivity contribution in [3.8, 4) is 28.4 Å². The molecule has 0 saturated heterocycles. The van der Waals surface area contributed by atoms with E-state index < -0.39 is 0 Å². The van der Waals surface area contributed by atoms with Crippen LogP contribution in [-0.2, 0) is 0 Å². The first-order chi connectivity index (χ1) is 15.7. The van der Waals surface area contributed by atoms with Crippen molar-refractivity contribution in [2.24, 2.45) is 5.10 Å². The minimum atomic E-state index is -0.364. The highest BCUT2D eigenvalue weighted by Gasteiger charge is 2.18. The number of carbonyl (C=O) groups excluding carboxylic acids is 1. The monoisotopic (exact) mass is 426 g/mol. The van der Waals surface area contributed by atoms with E-state index in [4.69, 9.17) is 9.47 Å². The zero-order valence-electron chi connectivity index (χ0n) is 17.7. The normalized spacial score (nSPS) is 10.8. The van der Waals surface area contributed by atoms with Crippen molar-refractivity contribution in [3.63, 3.8) is 0 Å². The number of hydrazone groups is 1. The van der Waals surface area contributed by atoms with Crippen LogP contribution in [0.25, 0.3) is 16.9 Å². The lowest BCUT2D eigenvalue weighted by molar-refractivity contribution is 0.0955. The molecule has 0 spiro atoms. The molecular formula is C25H22N4O3. The van der Waals surface area contributed by atoms with Gasteiger partial charge in [0.2, 0.25) is 0 Å². The van der Waals surface area contributed by atoms with Crippen molar-refractivity contribution in [1.29, 1.82) is 0 Å². The van der Waals surface area contributed by atoms with Crippen LogP contribution in [0.15, 0.2) is 90.2 Å². The summed E-state index contributed by atoms with van der Waals surface area (Å²) in [5.41, 5.74) is 6.01. The van der Waals surface area contributed by atoms with Crippen molar-refractivity contribution in [2.75, 3.05) is 14.2 Å². The van der Waals surface area contributed by atoms with E-state index in [1.807, 2.05) is 60.7 Å². The zero-order chi connectivity index (χ0) is 22.3. The molecule has 1 amide bonds. The van der Waals surface area contributed by atoms with Crippen molar-refractivity contribution in [1.82, 2.24) is 15.2 Å². The molecule has 1 heterocycles. The standard InChI is InChI=1S/C25H22N4O3/c1-31-21-13-18(14-22(15-21)32-2)16-26-27-25(30)23-17-29(20-11-7-4-8-12-20)28-24(23)19-9-5-3-6-10-19/h3-17H,1-2H3,(H,27,30). The van der Waals surface area contributed by atoms with Gasteiger partial charge in [-0.3, -0.25) is 4.79 Å². The Kier molecular flexibility index (Phi) is 6.27. The van der Waals surface area contributed by atoms with Crippen molar-refractivity contribution in [2.45, 2.75) is 0 Å². The largest absolute Gasteiger partial charge is 0.497 e. The highest BCUT2D eigenvalue weighted by Crippen LogP contribution is 2.24. The van der Waals surface area contributed by atoms with E-state index in [1.165, 1.54) is 6.21 Å². The molecule has 32 heavy (non-hydrogen) atoms. The molecule has 4 aromatic rings. The molecule has 0 atom stereocenters. The summed E-state index contributed by atoms with van der Waals surface area (Å²) >= 11 is 0. The number of hydrogen-bond donors (Lipinski definition) is 1. The first-order valence-electron chi connectivity index (χ1n) is 9.95. The van der Waals surface area contributed by atoms with Crippen LogP contribution in [0.2, 0.25) is 0 Å². The fourth-order valence-electron chi connectivity index (χ4n) is 3.19. The van der Waals surface area contributed by atoms with Crippen LogP contribution in [0.4, 0.5) is 0 Å². The molecule has 4 rings (SSSR count). The van der Waals surface area contributed by atoms with Crippen LogP contribution in [-0.4, -0.2) is 36.1 Å². The molecule has 7 heteroatoms. The van der Waals surface area contributed by atoms with Crippen LogP contribution >= 0.6 is 0 Å². The van der Waals surface area contributed by atoms with Gasteiger partial charge in [-0.1, -0.05) is 48.5 Å². The van der Waals surface area contributed by atoms with E-state index in [2.05, 4.69) is 15.6 Å². The lowest BCUT2D eigenvalue weighted by Crippen LogP contribution is -2.18. The molecule has 0 saturated carbocycles. The van der Waals surface area contributed by atoms with E-state index in [9.17, 15) is 4.79 Å². The van der Waals surface area contributed by atoms with E-state index in [0.29, 0.717) is 22.8 Å². The minimum absolute atomic E-state index is 0.364. The van der Waals surface area contributed by atoms with Crippen LogP contribution in [0.5, 0.6) is 11.5 Å². The molecular weight excluding hydrogens is 404 g/mol. The third kappa shape index (κ3) is 4.67. The first kappa shape index (κ1) is 20.9. The van der Waals surface area contributed by atoms with Crippen molar-refractivity contribution in [3.05, 3.63) is 96.2 Å². The third-order valence-electron chi connectivity index (χ3n) is 4.78. The summed E-state index contributed by atoms with van der Waals surface area (Å²) < 4.78 is 12.2. The number of rotatable bonds is 7. The molecule has 0 unspecified atom stereocenters. The maximum absolute atomic E-state index is 13.0. The van der Waals surface area contributed by atoms with E-state index in [1.54, 1.807) is 43.3 Å². The van der Waals surface area contributed by atoms with Crippen LogP contribution < -0.4 is 14.9 Å². The second-order valence-electron chi connectivity index (χ2n) is 6.88. The van der Waals surface area contributed by atoms with Gasteiger partial charge < -0.3 is 9.47 Å². The summed E-state index contributed by atoms with van der Waals surface area (Å²) in [7, 11) is 3.15. The van der Waals surface area contributed by atoms with Crippen LogP contribution in [0, 0.1) is 0 Å². The number of aromatic nitrogens is 2. The Hall–Kier alpha value is -4.39. The number of methoxy groups -OCH3 is 2. The molecule has 3 aromatic carbocycles. The molecule has 1 N–H and O–H groups in total. The van der Waals surface area contributed by atoms with Crippen LogP contribution in [0.3, 0.4) is 0 Å². The van der Waals surface area contributed by atoms with Crippen molar-refractivity contribution < 1.29 is 14.3 Å². The molecule has 0 radical (unpaired) electrons. The molecule has 0 fully saturated rings. The Labute approximate surface area is 185 Å². The fourth-order valence-corrected chi connectivity index (χ4v) is 3.19. The molecule has 1 aromatic heterocycles. The number of benzene rings is 3. The smallest absolute Gasteiger partial charge is 0.275 e. The predicted molar refractivity (Wildman–Crippen MR) is 124 cm³/mol. The lowest BCUT2D eigenvalue weighted by Gasteiger charge is -2.05. The number of amides is 1. The predicted octanol–water partition coefficient (Wildman–Crippen LogP) is 4.32. The highest BCUT2D eigenvalue weighted by molar-refractivity contribution is 6.00. The summed E-state index contributed by atoms with van der Waals surface area (Å²) in [6.07, 6.45) is 3.24. The molecule has 0 bridgehead atoms.